The average molecular weight is 324 g/mol. The third-order valence-corrected chi connectivity index (χ3v) is 5.23. The fourth-order valence-corrected chi connectivity index (χ4v) is 2.54. The van der Waals surface area contributed by atoms with Crippen LogP contribution in [0, 0.1) is 0 Å². The van der Waals surface area contributed by atoms with E-state index in [4.69, 9.17) is 23.2 Å². The molecule has 1 rings (SSSR count). The van der Waals surface area contributed by atoms with Gasteiger partial charge in [0, 0.05) is 16.6 Å². The second-order valence-corrected chi connectivity index (χ2v) is 7.77. The summed E-state index contributed by atoms with van der Waals surface area (Å²) in [6.45, 7) is 3.25. The lowest BCUT2D eigenvalue weighted by molar-refractivity contribution is -0.118. The summed E-state index contributed by atoms with van der Waals surface area (Å²) in [6, 6.07) is 4.90. The van der Waals surface area contributed by atoms with Gasteiger partial charge in [0.1, 0.15) is 5.75 Å². The minimum atomic E-state index is -3.38. The van der Waals surface area contributed by atoms with Gasteiger partial charge in [0.05, 0.1) is 5.25 Å². The topological polar surface area (TPSA) is 63.2 Å². The van der Waals surface area contributed by atoms with Gasteiger partial charge in [0.25, 0.3) is 0 Å². The number of halogens is 2. The molecule has 0 unspecified atom stereocenters. The van der Waals surface area contributed by atoms with Crippen LogP contribution in [0.2, 0.25) is 10.0 Å². The van der Waals surface area contributed by atoms with Gasteiger partial charge >= 0.3 is 0 Å². The molecule has 0 spiro atoms. The van der Waals surface area contributed by atoms with Crippen molar-refractivity contribution in [2.45, 2.75) is 25.6 Å². The van der Waals surface area contributed by atoms with Gasteiger partial charge in [0.15, 0.2) is 9.84 Å². The van der Waals surface area contributed by atoms with Crippen LogP contribution < -0.4 is 5.32 Å². The summed E-state index contributed by atoms with van der Waals surface area (Å²) >= 11 is 11.7. The standard InChI is InChI=1S/C12H15Cl2NO3S/c1-8(2)19(17,18)7-12(16)15-6-9-3-4-10(13)5-11(9)14/h3-5,8H,6-7H2,1-2H3,(H,15,16). The van der Waals surface area contributed by atoms with E-state index in [0.717, 1.165) is 0 Å². The molecule has 0 atom stereocenters. The number of benzene rings is 1. The van der Waals surface area contributed by atoms with Crippen molar-refractivity contribution in [2.75, 3.05) is 5.75 Å². The Kier molecular flexibility index (Phi) is 5.64. The molecule has 0 saturated heterocycles. The molecular weight excluding hydrogens is 309 g/mol. The number of nitrogens with one attached hydrogen (secondary N) is 1. The monoisotopic (exact) mass is 323 g/mol. The molecule has 0 aliphatic rings. The molecule has 0 saturated carbocycles. The van der Waals surface area contributed by atoms with Crippen LogP contribution in [0.15, 0.2) is 18.2 Å². The van der Waals surface area contributed by atoms with Gasteiger partial charge in [-0.3, -0.25) is 4.79 Å². The summed E-state index contributed by atoms with van der Waals surface area (Å²) in [4.78, 5) is 11.6. The van der Waals surface area contributed by atoms with Crippen LogP contribution >= 0.6 is 23.2 Å². The van der Waals surface area contributed by atoms with Gasteiger partial charge in [-0.2, -0.15) is 0 Å². The van der Waals surface area contributed by atoms with Crippen LogP contribution in [0.1, 0.15) is 19.4 Å². The number of carbonyl (C=O) groups excluding carboxylic acids is 1. The first-order valence-corrected chi connectivity index (χ1v) is 8.11. The van der Waals surface area contributed by atoms with E-state index in [2.05, 4.69) is 5.32 Å². The molecule has 0 heterocycles. The molecule has 0 aliphatic carbocycles. The summed E-state index contributed by atoms with van der Waals surface area (Å²) in [5, 5.41) is 2.89. The number of hydrogen-bond donors (Lipinski definition) is 1. The van der Waals surface area contributed by atoms with E-state index in [1.165, 1.54) is 0 Å². The second kappa shape index (κ2) is 6.59. The molecule has 1 amide bonds. The minimum Gasteiger partial charge on any atom is -0.351 e. The Morgan fingerprint density at radius 1 is 1.32 bits per heavy atom. The highest BCUT2D eigenvalue weighted by Gasteiger charge is 2.20. The maximum absolute atomic E-state index is 11.6. The first-order chi connectivity index (χ1) is 8.72. The summed E-state index contributed by atoms with van der Waals surface area (Å²) in [6.07, 6.45) is 0. The molecule has 4 nitrogen and oxygen atoms in total. The Morgan fingerprint density at radius 3 is 2.47 bits per heavy atom. The van der Waals surface area contributed by atoms with Crippen LogP contribution in [0.4, 0.5) is 0 Å². The van der Waals surface area contributed by atoms with Gasteiger partial charge in [-0.15, -0.1) is 0 Å². The van der Waals surface area contributed by atoms with Gasteiger partial charge < -0.3 is 5.32 Å². The van der Waals surface area contributed by atoms with E-state index in [9.17, 15) is 13.2 Å². The highest BCUT2D eigenvalue weighted by Crippen LogP contribution is 2.20. The zero-order chi connectivity index (χ0) is 14.6. The minimum absolute atomic E-state index is 0.169. The van der Waals surface area contributed by atoms with Crippen LogP contribution in [-0.2, 0) is 21.2 Å². The summed E-state index contributed by atoms with van der Waals surface area (Å²) < 4.78 is 23.1. The molecule has 106 valence electrons. The lowest BCUT2D eigenvalue weighted by atomic mass is 10.2. The largest absolute Gasteiger partial charge is 0.351 e. The zero-order valence-electron chi connectivity index (χ0n) is 10.6. The fourth-order valence-electron chi connectivity index (χ4n) is 1.26. The molecular formula is C12H15Cl2NO3S. The van der Waals surface area contributed by atoms with Crippen molar-refractivity contribution in [2.24, 2.45) is 0 Å². The van der Waals surface area contributed by atoms with E-state index < -0.39 is 26.7 Å². The van der Waals surface area contributed by atoms with Gasteiger partial charge in [-0.25, -0.2) is 8.42 Å². The second-order valence-electron chi connectivity index (χ2n) is 4.37. The first-order valence-electron chi connectivity index (χ1n) is 5.64. The Balaban J connectivity index is 2.60. The van der Waals surface area contributed by atoms with Crippen molar-refractivity contribution in [1.82, 2.24) is 5.32 Å². The molecule has 0 aliphatic heterocycles. The molecule has 19 heavy (non-hydrogen) atoms. The van der Waals surface area contributed by atoms with Gasteiger partial charge in [-0.1, -0.05) is 29.3 Å². The highest BCUT2D eigenvalue weighted by molar-refractivity contribution is 7.92. The summed E-state index contributed by atoms with van der Waals surface area (Å²) in [7, 11) is -3.38. The fraction of sp³-hybridized carbons (Fsp3) is 0.417. The number of amides is 1. The highest BCUT2D eigenvalue weighted by atomic mass is 35.5. The lowest BCUT2D eigenvalue weighted by Crippen LogP contribution is -2.32. The van der Waals surface area contributed by atoms with Crippen molar-refractivity contribution in [3.8, 4) is 0 Å². The van der Waals surface area contributed by atoms with E-state index in [1.54, 1.807) is 32.0 Å². The van der Waals surface area contributed by atoms with Gasteiger partial charge in [0.2, 0.25) is 5.91 Å². The molecule has 1 aromatic carbocycles. The SMILES string of the molecule is CC(C)S(=O)(=O)CC(=O)NCc1ccc(Cl)cc1Cl. The normalized spacial score (nSPS) is 11.6. The van der Waals surface area contributed by atoms with E-state index in [0.29, 0.717) is 15.6 Å². The first kappa shape index (κ1) is 16.3. The van der Waals surface area contributed by atoms with Crippen molar-refractivity contribution in [3.63, 3.8) is 0 Å². The van der Waals surface area contributed by atoms with E-state index in [-0.39, 0.29) is 6.54 Å². The number of rotatable bonds is 5. The zero-order valence-corrected chi connectivity index (χ0v) is 12.9. The Labute approximate surface area is 123 Å². The smallest absolute Gasteiger partial charge is 0.235 e. The summed E-state index contributed by atoms with van der Waals surface area (Å²) in [5.74, 6) is -1.06. The lowest BCUT2D eigenvalue weighted by Gasteiger charge is -2.09. The third-order valence-electron chi connectivity index (χ3n) is 2.54. The molecule has 0 aromatic heterocycles. The van der Waals surface area contributed by atoms with Crippen LogP contribution in [-0.4, -0.2) is 25.3 Å². The van der Waals surface area contributed by atoms with Crippen molar-refractivity contribution >= 4 is 38.9 Å². The quantitative estimate of drug-likeness (QED) is 0.905. The average Bonchev–Trinajstić information content (AvgIpc) is 2.27. The van der Waals surface area contributed by atoms with Crippen LogP contribution in [0.25, 0.3) is 0 Å². The van der Waals surface area contributed by atoms with Crippen molar-refractivity contribution in [3.05, 3.63) is 33.8 Å². The van der Waals surface area contributed by atoms with E-state index >= 15 is 0 Å². The van der Waals surface area contributed by atoms with Crippen LogP contribution in [0.3, 0.4) is 0 Å². The molecule has 1 aromatic rings. The molecule has 7 heteroatoms. The number of sulfone groups is 1. The predicted octanol–water partition coefficient (Wildman–Crippen LogP) is 2.43. The van der Waals surface area contributed by atoms with Crippen molar-refractivity contribution < 1.29 is 13.2 Å². The molecule has 0 bridgehead atoms. The van der Waals surface area contributed by atoms with Crippen LogP contribution in [0.5, 0.6) is 0 Å². The Bertz CT molecular complexity index is 570. The van der Waals surface area contributed by atoms with Gasteiger partial charge in [-0.05, 0) is 31.5 Å². The molecule has 0 radical (unpaired) electrons. The van der Waals surface area contributed by atoms with Crippen molar-refractivity contribution in [1.29, 1.82) is 0 Å². The Morgan fingerprint density at radius 2 is 1.95 bits per heavy atom. The maximum atomic E-state index is 11.6. The predicted molar refractivity (Wildman–Crippen MR) is 77.2 cm³/mol. The molecule has 0 fully saturated rings. The van der Waals surface area contributed by atoms with E-state index in [1.807, 2.05) is 0 Å². The molecule has 1 N–H and O–H groups in total. The maximum Gasteiger partial charge on any atom is 0.235 e. The number of carbonyl (C=O) groups is 1. The number of hydrogen-bond acceptors (Lipinski definition) is 3. The third kappa shape index (κ3) is 5.01. The Hall–Kier alpha value is -0.780. The summed E-state index contributed by atoms with van der Waals surface area (Å²) in [5.41, 5.74) is 0.682.